The minimum Gasteiger partial charge on any atom is -0.207 e. The summed E-state index contributed by atoms with van der Waals surface area (Å²) in [6.07, 6.45) is 4.95. The number of sulfonamides is 1. The Balaban J connectivity index is 1.97. The van der Waals surface area contributed by atoms with Gasteiger partial charge in [0.1, 0.15) is 0 Å². The zero-order valence-corrected chi connectivity index (χ0v) is 16.0. The first-order chi connectivity index (χ1) is 11.5. The standard InChI is InChI=1S/C19H25NO2S2/c1-3-16-9-11-17(12-10-16)24(21,22)20-14-6-4-5-7-18(20)19-13-8-15(2)23-19/h8-13,18H,3-7,14H2,1-2H3/t18-/m0/s1. The maximum atomic E-state index is 13.3. The van der Waals surface area contributed by atoms with E-state index in [4.69, 9.17) is 0 Å². The molecule has 0 radical (unpaired) electrons. The van der Waals surface area contributed by atoms with Gasteiger partial charge in [0.05, 0.1) is 10.9 Å². The molecule has 0 unspecified atom stereocenters. The van der Waals surface area contributed by atoms with Crippen molar-refractivity contribution >= 4 is 21.4 Å². The van der Waals surface area contributed by atoms with Crippen LogP contribution in [0.5, 0.6) is 0 Å². The Hall–Kier alpha value is -1.17. The molecule has 0 saturated carbocycles. The molecule has 5 heteroatoms. The molecule has 130 valence electrons. The van der Waals surface area contributed by atoms with Crippen LogP contribution in [0.25, 0.3) is 0 Å². The zero-order valence-electron chi connectivity index (χ0n) is 14.4. The summed E-state index contributed by atoms with van der Waals surface area (Å²) in [6.45, 7) is 4.76. The highest BCUT2D eigenvalue weighted by atomic mass is 32.2. The van der Waals surface area contributed by atoms with Crippen molar-refractivity contribution in [1.29, 1.82) is 0 Å². The van der Waals surface area contributed by atoms with Crippen LogP contribution < -0.4 is 0 Å². The topological polar surface area (TPSA) is 37.4 Å². The van der Waals surface area contributed by atoms with Crippen molar-refractivity contribution in [2.75, 3.05) is 6.54 Å². The fourth-order valence-corrected chi connectivity index (χ4v) is 6.08. The number of nitrogens with zero attached hydrogens (tertiary/aromatic N) is 1. The molecule has 1 atom stereocenters. The van der Waals surface area contributed by atoms with Gasteiger partial charge in [-0.3, -0.25) is 0 Å². The SMILES string of the molecule is CCc1ccc(S(=O)(=O)N2CCCCC[C@H]2c2ccc(C)s2)cc1. The number of aryl methyl sites for hydroxylation is 2. The van der Waals surface area contributed by atoms with Gasteiger partial charge in [-0.15, -0.1) is 11.3 Å². The first-order valence-electron chi connectivity index (χ1n) is 8.69. The van der Waals surface area contributed by atoms with Gasteiger partial charge in [-0.1, -0.05) is 31.9 Å². The van der Waals surface area contributed by atoms with E-state index in [0.29, 0.717) is 11.4 Å². The highest BCUT2D eigenvalue weighted by Gasteiger charge is 2.34. The Kier molecular flexibility index (Phi) is 5.42. The molecule has 3 rings (SSSR count). The molecule has 1 aliphatic heterocycles. The molecule has 3 nitrogen and oxygen atoms in total. The van der Waals surface area contributed by atoms with Crippen LogP contribution in [0.1, 0.15) is 54.0 Å². The Labute approximate surface area is 149 Å². The van der Waals surface area contributed by atoms with Crippen molar-refractivity contribution in [2.45, 2.75) is 56.9 Å². The van der Waals surface area contributed by atoms with Gasteiger partial charge in [-0.25, -0.2) is 8.42 Å². The van der Waals surface area contributed by atoms with Crippen LogP contribution in [0.2, 0.25) is 0 Å². The molecular formula is C19H25NO2S2. The highest BCUT2D eigenvalue weighted by molar-refractivity contribution is 7.89. The van der Waals surface area contributed by atoms with Gasteiger partial charge in [0.15, 0.2) is 0 Å². The second-order valence-electron chi connectivity index (χ2n) is 6.43. The fraction of sp³-hybridized carbons (Fsp3) is 0.474. The second-order valence-corrected chi connectivity index (χ2v) is 9.64. The Bertz CT molecular complexity index is 778. The van der Waals surface area contributed by atoms with E-state index in [-0.39, 0.29) is 6.04 Å². The summed E-state index contributed by atoms with van der Waals surface area (Å²) in [5, 5.41) is 0. The first kappa shape index (κ1) is 17.6. The van der Waals surface area contributed by atoms with E-state index in [2.05, 4.69) is 26.0 Å². The Morgan fingerprint density at radius 3 is 2.46 bits per heavy atom. The second kappa shape index (κ2) is 7.38. The summed E-state index contributed by atoms with van der Waals surface area (Å²) in [5.41, 5.74) is 1.16. The zero-order chi connectivity index (χ0) is 17.2. The molecule has 2 aromatic rings. The van der Waals surface area contributed by atoms with Crippen molar-refractivity contribution in [3.05, 3.63) is 51.7 Å². The minimum atomic E-state index is -3.46. The van der Waals surface area contributed by atoms with E-state index in [9.17, 15) is 8.42 Å². The van der Waals surface area contributed by atoms with Crippen molar-refractivity contribution in [3.8, 4) is 0 Å². The van der Waals surface area contributed by atoms with Gasteiger partial charge in [0, 0.05) is 16.3 Å². The lowest BCUT2D eigenvalue weighted by Crippen LogP contribution is -2.34. The van der Waals surface area contributed by atoms with Crippen LogP contribution in [0.4, 0.5) is 0 Å². The van der Waals surface area contributed by atoms with E-state index < -0.39 is 10.0 Å². The van der Waals surface area contributed by atoms with E-state index in [1.807, 2.05) is 12.1 Å². The average Bonchev–Trinajstić information content (AvgIpc) is 2.86. The molecule has 0 spiro atoms. The van der Waals surface area contributed by atoms with Crippen molar-refractivity contribution < 1.29 is 8.42 Å². The van der Waals surface area contributed by atoms with Crippen LogP contribution in [0.3, 0.4) is 0 Å². The average molecular weight is 364 g/mol. The van der Waals surface area contributed by atoms with Gasteiger partial charge in [-0.2, -0.15) is 4.31 Å². The summed E-state index contributed by atoms with van der Waals surface area (Å²) in [5.74, 6) is 0. The number of benzene rings is 1. The molecule has 0 bridgehead atoms. The fourth-order valence-electron chi connectivity index (χ4n) is 3.32. The monoisotopic (exact) mass is 363 g/mol. The number of hydrogen-bond acceptors (Lipinski definition) is 3. The molecular weight excluding hydrogens is 338 g/mol. The predicted molar refractivity (Wildman–Crippen MR) is 100.0 cm³/mol. The molecule has 1 aromatic carbocycles. The maximum Gasteiger partial charge on any atom is 0.243 e. The molecule has 1 aliphatic rings. The number of rotatable bonds is 4. The summed E-state index contributed by atoms with van der Waals surface area (Å²) >= 11 is 1.72. The van der Waals surface area contributed by atoms with Gasteiger partial charge in [0.25, 0.3) is 0 Å². The lowest BCUT2D eigenvalue weighted by molar-refractivity contribution is 0.333. The molecule has 0 N–H and O–H groups in total. The van der Waals surface area contributed by atoms with E-state index in [1.165, 1.54) is 9.75 Å². The number of hydrogen-bond donors (Lipinski definition) is 0. The molecule has 2 heterocycles. The third-order valence-electron chi connectivity index (χ3n) is 4.73. The smallest absolute Gasteiger partial charge is 0.207 e. The third kappa shape index (κ3) is 3.58. The summed E-state index contributed by atoms with van der Waals surface area (Å²) < 4.78 is 28.3. The van der Waals surface area contributed by atoms with Crippen LogP contribution in [-0.2, 0) is 16.4 Å². The van der Waals surface area contributed by atoms with Crippen LogP contribution in [0.15, 0.2) is 41.3 Å². The lowest BCUT2D eigenvalue weighted by atomic mass is 10.1. The predicted octanol–water partition coefficient (Wildman–Crippen LogP) is 4.92. The Morgan fingerprint density at radius 2 is 1.83 bits per heavy atom. The summed E-state index contributed by atoms with van der Waals surface area (Å²) in [4.78, 5) is 2.82. The van der Waals surface area contributed by atoms with Gasteiger partial charge in [-0.05, 0) is 56.0 Å². The molecule has 1 fully saturated rings. The van der Waals surface area contributed by atoms with Crippen molar-refractivity contribution in [3.63, 3.8) is 0 Å². The molecule has 0 amide bonds. The van der Waals surface area contributed by atoms with Gasteiger partial charge < -0.3 is 0 Å². The highest BCUT2D eigenvalue weighted by Crippen LogP contribution is 2.37. The summed E-state index contributed by atoms with van der Waals surface area (Å²) in [6, 6.07) is 11.5. The van der Waals surface area contributed by atoms with Crippen LogP contribution in [0, 0.1) is 6.92 Å². The molecule has 1 aromatic heterocycles. The van der Waals surface area contributed by atoms with Gasteiger partial charge in [0.2, 0.25) is 10.0 Å². The number of thiophene rings is 1. The van der Waals surface area contributed by atoms with Crippen molar-refractivity contribution in [2.24, 2.45) is 0 Å². The molecule has 0 aliphatic carbocycles. The van der Waals surface area contributed by atoms with E-state index in [0.717, 1.165) is 37.7 Å². The van der Waals surface area contributed by atoms with Gasteiger partial charge >= 0.3 is 0 Å². The quantitative estimate of drug-likeness (QED) is 0.773. The minimum absolute atomic E-state index is 0.0259. The largest absolute Gasteiger partial charge is 0.243 e. The maximum absolute atomic E-state index is 13.3. The van der Waals surface area contributed by atoms with Crippen LogP contribution in [-0.4, -0.2) is 19.3 Å². The molecule has 1 saturated heterocycles. The Morgan fingerprint density at radius 1 is 1.08 bits per heavy atom. The molecule has 24 heavy (non-hydrogen) atoms. The normalized spacial score (nSPS) is 20.0. The van der Waals surface area contributed by atoms with E-state index >= 15 is 0 Å². The van der Waals surface area contributed by atoms with E-state index in [1.54, 1.807) is 27.8 Å². The van der Waals surface area contributed by atoms with Crippen LogP contribution >= 0.6 is 11.3 Å². The van der Waals surface area contributed by atoms with Crippen molar-refractivity contribution in [1.82, 2.24) is 4.31 Å². The summed E-state index contributed by atoms with van der Waals surface area (Å²) in [7, 11) is -3.46. The third-order valence-corrected chi connectivity index (χ3v) is 7.76. The first-order valence-corrected chi connectivity index (χ1v) is 10.9. The lowest BCUT2D eigenvalue weighted by Gasteiger charge is -2.28.